The molecule has 3 nitrogen and oxygen atoms in total. The number of fused-ring (bicyclic) bond motifs is 1. The maximum atomic E-state index is 7.10. The van der Waals surface area contributed by atoms with Gasteiger partial charge in [0, 0.05) is 44.6 Å². The summed E-state index contributed by atoms with van der Waals surface area (Å²) < 4.78 is 3.39. The smallest absolute Gasteiger partial charge is 0.217 e. The Labute approximate surface area is 180 Å². The molecule has 1 fully saturated rings. The van der Waals surface area contributed by atoms with E-state index in [1.165, 1.54) is 21.5 Å². The third-order valence-corrected chi connectivity index (χ3v) is 7.30. The molecule has 0 bridgehead atoms. The number of halogens is 2. The number of pyridine rings is 1. The van der Waals surface area contributed by atoms with Crippen LogP contribution < -0.4 is 4.90 Å². The number of benzene rings is 1. The monoisotopic (exact) mass is 503 g/mol. The highest BCUT2D eigenvalue weighted by Gasteiger charge is 2.24. The lowest BCUT2D eigenvalue weighted by atomic mass is 9.96. The molecule has 2 aromatic heterocycles. The zero-order valence-electron chi connectivity index (χ0n) is 15.0. The Balaban J connectivity index is 1.74. The van der Waals surface area contributed by atoms with Crippen LogP contribution in [0.25, 0.3) is 26.2 Å². The van der Waals surface area contributed by atoms with Gasteiger partial charge in [-0.25, -0.2) is 6.57 Å². The van der Waals surface area contributed by atoms with Crippen LogP contribution in [0.15, 0.2) is 38.6 Å². The molecule has 138 valence electrons. The molecule has 6 heteroatoms. The number of rotatable bonds is 3. The van der Waals surface area contributed by atoms with Gasteiger partial charge in [0.2, 0.25) is 6.54 Å². The lowest BCUT2D eigenvalue weighted by molar-refractivity contribution is 0.431. The molecule has 0 saturated carbocycles. The molecule has 0 spiro atoms. The van der Waals surface area contributed by atoms with Crippen LogP contribution in [0.1, 0.15) is 18.5 Å². The fraction of sp³-hybridized carbons (Fsp3) is 0.333. The largest absolute Gasteiger partial charge is 0.370 e. The van der Waals surface area contributed by atoms with Crippen LogP contribution >= 0.6 is 43.2 Å². The molecular formula is C21H19Br2N3S. The van der Waals surface area contributed by atoms with Gasteiger partial charge >= 0.3 is 0 Å². The Bertz CT molecular complexity index is 1030. The van der Waals surface area contributed by atoms with E-state index >= 15 is 0 Å². The molecule has 4 rings (SSSR count). The lowest BCUT2D eigenvalue weighted by Crippen LogP contribution is -2.34. The first-order valence-corrected chi connectivity index (χ1v) is 11.5. The second kappa shape index (κ2) is 7.90. The molecule has 1 aliphatic heterocycles. The van der Waals surface area contributed by atoms with Crippen molar-refractivity contribution in [3.63, 3.8) is 0 Å². The summed E-state index contributed by atoms with van der Waals surface area (Å²) in [5.41, 5.74) is 5.78. The van der Waals surface area contributed by atoms with Gasteiger partial charge in [-0.15, -0.1) is 11.3 Å². The number of nitrogens with zero attached hydrogens (tertiary/aromatic N) is 3. The quantitative estimate of drug-likeness (QED) is 0.360. The van der Waals surface area contributed by atoms with Gasteiger partial charge in [0.25, 0.3) is 0 Å². The number of aromatic nitrogens is 1. The molecule has 0 amide bonds. The van der Waals surface area contributed by atoms with Crippen molar-refractivity contribution in [1.29, 1.82) is 0 Å². The van der Waals surface area contributed by atoms with Crippen LogP contribution in [-0.4, -0.2) is 24.6 Å². The van der Waals surface area contributed by atoms with Crippen LogP contribution in [0.4, 0.5) is 5.69 Å². The Hall–Kier alpha value is -1.42. The summed E-state index contributed by atoms with van der Waals surface area (Å²) in [5.74, 6) is 0.551. The maximum absolute atomic E-state index is 7.10. The number of thiophene rings is 1. The summed E-state index contributed by atoms with van der Waals surface area (Å²) in [6.45, 7) is 11.9. The van der Waals surface area contributed by atoms with E-state index in [-0.39, 0.29) is 0 Å². The predicted molar refractivity (Wildman–Crippen MR) is 122 cm³/mol. The second-order valence-corrected chi connectivity index (χ2v) is 9.65. The van der Waals surface area contributed by atoms with Crippen LogP contribution in [-0.2, 0) is 0 Å². The first-order chi connectivity index (χ1) is 13.1. The van der Waals surface area contributed by atoms with E-state index in [1.54, 1.807) is 11.3 Å². The molecule has 1 aliphatic rings. The molecule has 0 unspecified atom stereocenters. The average Bonchev–Trinajstić information content (AvgIpc) is 3.05. The van der Waals surface area contributed by atoms with Crippen molar-refractivity contribution in [2.75, 3.05) is 24.5 Å². The van der Waals surface area contributed by atoms with Crippen LogP contribution in [0.2, 0.25) is 0 Å². The van der Waals surface area contributed by atoms with E-state index in [4.69, 9.17) is 11.6 Å². The minimum Gasteiger partial charge on any atom is -0.370 e. The van der Waals surface area contributed by atoms with Crippen molar-refractivity contribution in [1.82, 2.24) is 4.98 Å². The molecule has 1 saturated heterocycles. The van der Waals surface area contributed by atoms with Gasteiger partial charge in [0.1, 0.15) is 0 Å². The number of piperidine rings is 1. The van der Waals surface area contributed by atoms with E-state index in [9.17, 15) is 0 Å². The fourth-order valence-electron chi connectivity index (χ4n) is 3.74. The Kier molecular flexibility index (Phi) is 5.54. The third-order valence-electron chi connectivity index (χ3n) is 5.16. The molecule has 0 radical (unpaired) electrons. The summed E-state index contributed by atoms with van der Waals surface area (Å²) >= 11 is 9.01. The molecule has 0 atom stereocenters. The summed E-state index contributed by atoms with van der Waals surface area (Å²) in [6, 6.07) is 8.50. The zero-order chi connectivity index (χ0) is 19.0. The Morgan fingerprint density at radius 1 is 1.22 bits per heavy atom. The van der Waals surface area contributed by atoms with Crippen molar-refractivity contribution in [3.05, 3.63) is 55.7 Å². The Morgan fingerprint density at radius 3 is 2.70 bits per heavy atom. The summed E-state index contributed by atoms with van der Waals surface area (Å²) in [6.07, 6.45) is 2.20. The van der Waals surface area contributed by atoms with E-state index in [0.29, 0.717) is 12.5 Å². The minimum absolute atomic E-state index is 0.551. The highest BCUT2D eigenvalue weighted by molar-refractivity contribution is 9.11. The first kappa shape index (κ1) is 18.9. The lowest BCUT2D eigenvalue weighted by Gasteiger charge is -2.32. The van der Waals surface area contributed by atoms with Crippen molar-refractivity contribution >= 4 is 59.1 Å². The SMILES string of the molecule is [C-]#[N+]CC1CCN(c2cc(C)nc3c(-c4ccc(Br)cc4Br)csc23)CC1. The third kappa shape index (κ3) is 3.78. The second-order valence-electron chi connectivity index (χ2n) is 7.01. The molecule has 1 aromatic carbocycles. The number of hydrogen-bond acceptors (Lipinski definition) is 3. The van der Waals surface area contributed by atoms with Gasteiger partial charge in [-0.1, -0.05) is 37.9 Å². The summed E-state index contributed by atoms with van der Waals surface area (Å²) in [7, 11) is 0. The first-order valence-electron chi connectivity index (χ1n) is 8.99. The number of aryl methyl sites for hydroxylation is 1. The fourth-order valence-corrected chi connectivity index (χ4v) is 6.05. The van der Waals surface area contributed by atoms with Gasteiger partial charge in [0.05, 0.1) is 15.9 Å². The summed E-state index contributed by atoms with van der Waals surface area (Å²) in [5, 5.41) is 2.22. The molecule has 27 heavy (non-hydrogen) atoms. The minimum atomic E-state index is 0.551. The average molecular weight is 505 g/mol. The standard InChI is InChI=1S/C21H19Br2N3S/c1-13-9-19(26-7-5-14(6-8-26)11-24-2)21-20(25-13)17(12-27-21)16-4-3-15(22)10-18(16)23/h3-4,9-10,12,14H,5-8,11H2,1H3. The molecular weight excluding hydrogens is 486 g/mol. The summed E-state index contributed by atoms with van der Waals surface area (Å²) in [4.78, 5) is 11.0. The molecule has 0 N–H and O–H groups in total. The van der Waals surface area contributed by atoms with Crippen molar-refractivity contribution < 1.29 is 0 Å². The maximum Gasteiger partial charge on any atom is 0.217 e. The van der Waals surface area contributed by atoms with Crippen molar-refractivity contribution in [2.24, 2.45) is 5.92 Å². The number of anilines is 1. The van der Waals surface area contributed by atoms with Gasteiger partial charge in [-0.3, -0.25) is 4.98 Å². The van der Waals surface area contributed by atoms with Crippen LogP contribution in [0.3, 0.4) is 0 Å². The van der Waals surface area contributed by atoms with Gasteiger partial charge < -0.3 is 9.74 Å². The highest BCUT2D eigenvalue weighted by Crippen LogP contribution is 2.42. The number of hydrogen-bond donors (Lipinski definition) is 0. The predicted octanol–water partition coefficient (Wildman–Crippen LogP) is 6.93. The van der Waals surface area contributed by atoms with E-state index in [2.05, 4.69) is 78.2 Å². The van der Waals surface area contributed by atoms with Crippen LogP contribution in [0.5, 0.6) is 0 Å². The zero-order valence-corrected chi connectivity index (χ0v) is 19.0. The van der Waals surface area contributed by atoms with Gasteiger partial charge in [-0.05, 0) is 43.5 Å². The van der Waals surface area contributed by atoms with Gasteiger partial charge in [-0.2, -0.15) is 0 Å². The normalized spacial score (nSPS) is 15.3. The van der Waals surface area contributed by atoms with Crippen molar-refractivity contribution in [3.8, 4) is 11.1 Å². The molecule has 0 aliphatic carbocycles. The molecule has 3 aromatic rings. The van der Waals surface area contributed by atoms with E-state index in [0.717, 1.165) is 46.1 Å². The van der Waals surface area contributed by atoms with Crippen molar-refractivity contribution in [2.45, 2.75) is 19.8 Å². The Morgan fingerprint density at radius 2 is 2.00 bits per heavy atom. The van der Waals surface area contributed by atoms with E-state index in [1.807, 2.05) is 0 Å². The van der Waals surface area contributed by atoms with Gasteiger partial charge in [0.15, 0.2) is 0 Å². The van der Waals surface area contributed by atoms with Crippen LogP contribution in [0, 0.1) is 19.4 Å². The molecule has 3 heterocycles. The van der Waals surface area contributed by atoms with E-state index < -0.39 is 0 Å². The highest BCUT2D eigenvalue weighted by atomic mass is 79.9. The topological polar surface area (TPSA) is 20.5 Å².